The Bertz CT molecular complexity index is 528. The third-order valence-corrected chi connectivity index (χ3v) is 3.82. The van der Waals surface area contributed by atoms with Crippen molar-refractivity contribution < 1.29 is 14.7 Å². The number of aromatic carboxylic acids is 1. The largest absolute Gasteiger partial charge is 0.478 e. The summed E-state index contributed by atoms with van der Waals surface area (Å²) < 4.78 is 0. The van der Waals surface area contributed by atoms with Crippen LogP contribution in [0.1, 0.15) is 28.8 Å². The van der Waals surface area contributed by atoms with Gasteiger partial charge < -0.3 is 15.3 Å². The Kier molecular flexibility index (Phi) is 4.27. The van der Waals surface area contributed by atoms with Crippen molar-refractivity contribution in [2.24, 2.45) is 5.92 Å². The Morgan fingerprint density at radius 1 is 1.40 bits per heavy atom. The fourth-order valence-corrected chi connectivity index (χ4v) is 2.76. The highest BCUT2D eigenvalue weighted by Crippen LogP contribution is 2.27. The van der Waals surface area contributed by atoms with Gasteiger partial charge in [-0.2, -0.15) is 0 Å². The van der Waals surface area contributed by atoms with Crippen molar-refractivity contribution in [3.8, 4) is 0 Å². The molecule has 2 rings (SSSR count). The van der Waals surface area contributed by atoms with Crippen LogP contribution >= 0.6 is 0 Å². The first-order valence-corrected chi connectivity index (χ1v) is 6.83. The van der Waals surface area contributed by atoms with Gasteiger partial charge in [0.1, 0.15) is 0 Å². The lowest BCUT2D eigenvalue weighted by Crippen LogP contribution is -2.42. The van der Waals surface area contributed by atoms with Crippen molar-refractivity contribution in [2.75, 3.05) is 25.0 Å². The van der Waals surface area contributed by atoms with Gasteiger partial charge in [0.05, 0.1) is 11.5 Å². The normalized spacial score (nSPS) is 18.7. The zero-order chi connectivity index (χ0) is 14.7. The van der Waals surface area contributed by atoms with Gasteiger partial charge in [-0.15, -0.1) is 0 Å². The second-order valence-electron chi connectivity index (χ2n) is 5.21. The van der Waals surface area contributed by atoms with Crippen molar-refractivity contribution >= 4 is 17.6 Å². The Hall–Kier alpha value is -2.04. The number of carboxylic acid groups (broad SMARTS) is 1. The summed E-state index contributed by atoms with van der Waals surface area (Å²) in [7, 11) is 1.66. The van der Waals surface area contributed by atoms with Gasteiger partial charge in [-0.05, 0) is 43.5 Å². The predicted octanol–water partition coefficient (Wildman–Crippen LogP) is 1.66. The van der Waals surface area contributed by atoms with Crippen LogP contribution in [0.2, 0.25) is 0 Å². The van der Waals surface area contributed by atoms with Crippen LogP contribution in [-0.2, 0) is 4.79 Å². The number of carbonyl (C=O) groups is 2. The molecule has 1 aromatic rings. The lowest BCUT2D eigenvalue weighted by atomic mass is 9.96. The fraction of sp³-hybridized carbons (Fsp3) is 0.467. The van der Waals surface area contributed by atoms with Crippen molar-refractivity contribution in [3.63, 3.8) is 0 Å². The summed E-state index contributed by atoms with van der Waals surface area (Å²) in [6.07, 6.45) is 1.88. The van der Waals surface area contributed by atoms with Gasteiger partial charge in [0.25, 0.3) is 0 Å². The van der Waals surface area contributed by atoms with Crippen molar-refractivity contribution in [1.29, 1.82) is 0 Å². The van der Waals surface area contributed by atoms with E-state index < -0.39 is 5.97 Å². The molecule has 0 spiro atoms. The number of nitrogens with zero attached hydrogens (tertiary/aromatic N) is 1. The first kappa shape index (κ1) is 14.4. The summed E-state index contributed by atoms with van der Waals surface area (Å²) in [5.74, 6) is -0.830. The molecule has 1 saturated heterocycles. The van der Waals surface area contributed by atoms with E-state index in [2.05, 4.69) is 10.2 Å². The quantitative estimate of drug-likeness (QED) is 0.881. The average molecular weight is 276 g/mol. The maximum Gasteiger partial charge on any atom is 0.335 e. The minimum atomic E-state index is -0.915. The Morgan fingerprint density at radius 2 is 2.15 bits per heavy atom. The van der Waals surface area contributed by atoms with Gasteiger partial charge in [-0.25, -0.2) is 4.79 Å². The second-order valence-corrected chi connectivity index (χ2v) is 5.21. The molecule has 0 bridgehead atoms. The van der Waals surface area contributed by atoms with Crippen LogP contribution in [0.4, 0.5) is 5.69 Å². The average Bonchev–Trinajstić information content (AvgIpc) is 2.46. The highest BCUT2D eigenvalue weighted by molar-refractivity contribution is 5.88. The van der Waals surface area contributed by atoms with E-state index in [9.17, 15) is 9.59 Å². The van der Waals surface area contributed by atoms with Crippen LogP contribution in [0.15, 0.2) is 18.2 Å². The van der Waals surface area contributed by atoms with Crippen molar-refractivity contribution in [1.82, 2.24) is 5.32 Å². The van der Waals surface area contributed by atoms with Crippen LogP contribution in [0, 0.1) is 12.8 Å². The molecular weight excluding hydrogens is 256 g/mol. The topological polar surface area (TPSA) is 69.6 Å². The number of hydrogen-bond acceptors (Lipinski definition) is 3. The van der Waals surface area contributed by atoms with Crippen LogP contribution in [-0.4, -0.2) is 37.1 Å². The van der Waals surface area contributed by atoms with E-state index in [1.807, 2.05) is 13.0 Å². The molecule has 1 heterocycles. The number of anilines is 1. The first-order valence-electron chi connectivity index (χ1n) is 6.83. The molecule has 1 aliphatic heterocycles. The third kappa shape index (κ3) is 2.92. The number of carboxylic acids is 1. The minimum absolute atomic E-state index is 0.00676. The van der Waals surface area contributed by atoms with Crippen LogP contribution in [0.25, 0.3) is 0 Å². The maximum absolute atomic E-state index is 11.8. The van der Waals surface area contributed by atoms with E-state index in [0.29, 0.717) is 12.1 Å². The summed E-state index contributed by atoms with van der Waals surface area (Å²) in [5, 5.41) is 11.7. The molecule has 1 amide bonds. The number of rotatable bonds is 3. The summed E-state index contributed by atoms with van der Waals surface area (Å²) in [5.41, 5.74) is 2.25. The third-order valence-electron chi connectivity index (χ3n) is 3.82. The Balaban J connectivity index is 2.19. The standard InChI is InChI=1S/C15H20N2O3/c1-10-8-11(15(19)20)5-6-13(10)17-7-3-4-12(9-17)14(18)16-2/h5-6,8,12H,3-4,7,9H2,1-2H3,(H,16,18)(H,19,20). The van der Waals surface area contributed by atoms with Gasteiger partial charge in [0, 0.05) is 25.8 Å². The summed E-state index contributed by atoms with van der Waals surface area (Å²) in [6.45, 7) is 3.50. The number of nitrogens with one attached hydrogen (secondary N) is 1. The van der Waals surface area contributed by atoms with Crippen LogP contribution in [0.3, 0.4) is 0 Å². The van der Waals surface area contributed by atoms with E-state index in [0.717, 1.165) is 30.6 Å². The zero-order valence-electron chi connectivity index (χ0n) is 11.8. The van der Waals surface area contributed by atoms with E-state index >= 15 is 0 Å². The molecule has 5 heteroatoms. The van der Waals surface area contributed by atoms with Gasteiger partial charge in [0.2, 0.25) is 5.91 Å². The van der Waals surface area contributed by atoms with Crippen LogP contribution < -0.4 is 10.2 Å². The molecule has 5 nitrogen and oxygen atoms in total. The molecule has 1 aromatic carbocycles. The Labute approximate surface area is 118 Å². The molecule has 108 valence electrons. The van der Waals surface area contributed by atoms with E-state index in [4.69, 9.17) is 5.11 Å². The molecule has 1 fully saturated rings. The molecule has 1 unspecified atom stereocenters. The number of aryl methyl sites for hydroxylation is 1. The molecule has 0 saturated carbocycles. The number of amides is 1. The molecule has 1 atom stereocenters. The molecule has 0 aliphatic carbocycles. The summed E-state index contributed by atoms with van der Waals surface area (Å²) in [4.78, 5) is 24.9. The highest BCUT2D eigenvalue weighted by Gasteiger charge is 2.26. The smallest absolute Gasteiger partial charge is 0.335 e. The van der Waals surface area contributed by atoms with Gasteiger partial charge in [-0.3, -0.25) is 4.79 Å². The molecule has 1 aliphatic rings. The maximum atomic E-state index is 11.8. The monoisotopic (exact) mass is 276 g/mol. The van der Waals surface area contributed by atoms with E-state index in [1.165, 1.54) is 0 Å². The van der Waals surface area contributed by atoms with Crippen molar-refractivity contribution in [2.45, 2.75) is 19.8 Å². The SMILES string of the molecule is CNC(=O)C1CCCN(c2ccc(C(=O)O)cc2C)C1. The lowest BCUT2D eigenvalue weighted by molar-refractivity contribution is -0.124. The van der Waals surface area contributed by atoms with Crippen molar-refractivity contribution in [3.05, 3.63) is 29.3 Å². The lowest BCUT2D eigenvalue weighted by Gasteiger charge is -2.34. The molecule has 2 N–H and O–H groups in total. The molecule has 0 radical (unpaired) electrons. The molecule has 0 aromatic heterocycles. The molecular formula is C15H20N2O3. The Morgan fingerprint density at radius 3 is 2.75 bits per heavy atom. The predicted molar refractivity (Wildman–Crippen MR) is 77.1 cm³/mol. The number of carbonyl (C=O) groups excluding carboxylic acids is 1. The number of hydrogen-bond donors (Lipinski definition) is 2. The number of piperidine rings is 1. The highest BCUT2D eigenvalue weighted by atomic mass is 16.4. The van der Waals surface area contributed by atoms with Gasteiger partial charge >= 0.3 is 5.97 Å². The minimum Gasteiger partial charge on any atom is -0.478 e. The van der Waals surface area contributed by atoms with E-state index in [-0.39, 0.29) is 11.8 Å². The molecule has 20 heavy (non-hydrogen) atoms. The fourth-order valence-electron chi connectivity index (χ4n) is 2.76. The second kappa shape index (κ2) is 5.94. The van der Waals surface area contributed by atoms with Gasteiger partial charge in [-0.1, -0.05) is 0 Å². The van der Waals surface area contributed by atoms with Crippen LogP contribution in [0.5, 0.6) is 0 Å². The zero-order valence-corrected chi connectivity index (χ0v) is 11.8. The first-order chi connectivity index (χ1) is 9.52. The van der Waals surface area contributed by atoms with Gasteiger partial charge in [0.15, 0.2) is 0 Å². The van der Waals surface area contributed by atoms with E-state index in [1.54, 1.807) is 19.2 Å². The summed E-state index contributed by atoms with van der Waals surface area (Å²) >= 11 is 0. The summed E-state index contributed by atoms with van der Waals surface area (Å²) in [6, 6.07) is 5.14. The number of benzene rings is 1.